The third kappa shape index (κ3) is 1.97. The highest BCUT2D eigenvalue weighted by Crippen LogP contribution is 2.66. The van der Waals surface area contributed by atoms with Crippen molar-refractivity contribution in [1.82, 2.24) is 0 Å². The van der Waals surface area contributed by atoms with Crippen LogP contribution in [0.2, 0.25) is 0 Å². The molecule has 1 aromatic carbocycles. The van der Waals surface area contributed by atoms with E-state index in [-0.39, 0.29) is 11.5 Å². The topological polar surface area (TPSA) is 46.5 Å². The van der Waals surface area contributed by atoms with E-state index in [0.29, 0.717) is 11.0 Å². The summed E-state index contributed by atoms with van der Waals surface area (Å²) in [6, 6.07) is 5.13. The molecule has 114 valence electrons. The van der Waals surface area contributed by atoms with Gasteiger partial charge in [0, 0.05) is 5.41 Å². The molecule has 0 radical (unpaired) electrons. The second-order valence-electron chi connectivity index (χ2n) is 7.50. The summed E-state index contributed by atoms with van der Waals surface area (Å²) in [5.41, 5.74) is 1.76. The molecule has 0 heterocycles. The Hall–Kier alpha value is -1.51. The Morgan fingerprint density at radius 3 is 2.52 bits per heavy atom. The van der Waals surface area contributed by atoms with E-state index >= 15 is 0 Å². The van der Waals surface area contributed by atoms with Gasteiger partial charge in [0.1, 0.15) is 11.9 Å². The number of hydrogen-bond acceptors (Lipinski definition) is 2. The fraction of sp³-hybridized carbons (Fsp3) is 0.611. The molecule has 3 atom stereocenters. The minimum atomic E-state index is -0.891. The Morgan fingerprint density at radius 1 is 1.33 bits per heavy atom. The monoisotopic (exact) mass is 288 g/mol. The smallest absolute Gasteiger partial charge is 0.335 e. The third-order valence-electron chi connectivity index (χ3n) is 6.41. The Morgan fingerprint density at radius 2 is 2.05 bits per heavy atom. The molecule has 2 aliphatic rings. The van der Waals surface area contributed by atoms with Gasteiger partial charge in [0.2, 0.25) is 0 Å². The standard InChI is InChI=1S/C18H24O3/c1-11-9-12(16(19)20)5-6-14(11)21-15-10-13-7-8-18(15,4)17(13,2)3/h5-6,9,13,15H,7-8,10H2,1-4H3,(H,19,20). The van der Waals surface area contributed by atoms with Crippen LogP contribution in [0.15, 0.2) is 18.2 Å². The van der Waals surface area contributed by atoms with Gasteiger partial charge in [-0.15, -0.1) is 0 Å². The zero-order valence-corrected chi connectivity index (χ0v) is 13.3. The van der Waals surface area contributed by atoms with Crippen molar-refractivity contribution in [2.45, 2.75) is 53.1 Å². The fourth-order valence-electron chi connectivity index (χ4n) is 4.38. The molecule has 0 spiro atoms. The van der Waals surface area contributed by atoms with Gasteiger partial charge in [0.25, 0.3) is 0 Å². The molecule has 2 saturated carbocycles. The van der Waals surface area contributed by atoms with Crippen molar-refractivity contribution in [2.75, 3.05) is 0 Å². The van der Waals surface area contributed by atoms with E-state index in [0.717, 1.165) is 23.7 Å². The summed E-state index contributed by atoms with van der Waals surface area (Å²) in [5.74, 6) is 0.679. The van der Waals surface area contributed by atoms with Gasteiger partial charge < -0.3 is 9.84 Å². The molecule has 2 aliphatic carbocycles. The van der Waals surface area contributed by atoms with Crippen LogP contribution < -0.4 is 4.74 Å². The molecule has 0 saturated heterocycles. The van der Waals surface area contributed by atoms with Crippen LogP contribution in [0.25, 0.3) is 0 Å². The highest BCUT2D eigenvalue weighted by Gasteiger charge is 2.62. The lowest BCUT2D eigenvalue weighted by atomic mass is 9.70. The first-order chi connectivity index (χ1) is 9.75. The van der Waals surface area contributed by atoms with E-state index in [1.807, 2.05) is 6.92 Å². The number of carbonyl (C=O) groups is 1. The molecular weight excluding hydrogens is 264 g/mol. The summed E-state index contributed by atoms with van der Waals surface area (Å²) in [5, 5.41) is 9.04. The van der Waals surface area contributed by atoms with Crippen molar-refractivity contribution in [2.24, 2.45) is 16.7 Å². The van der Waals surface area contributed by atoms with Crippen LogP contribution in [0, 0.1) is 23.7 Å². The molecule has 21 heavy (non-hydrogen) atoms. The molecule has 3 heteroatoms. The zero-order valence-electron chi connectivity index (χ0n) is 13.3. The maximum Gasteiger partial charge on any atom is 0.335 e. The lowest BCUT2D eigenvalue weighted by molar-refractivity contribution is 0.0297. The molecule has 3 nitrogen and oxygen atoms in total. The number of rotatable bonds is 3. The van der Waals surface area contributed by atoms with Crippen LogP contribution in [0.3, 0.4) is 0 Å². The molecule has 0 aliphatic heterocycles. The van der Waals surface area contributed by atoms with Crippen molar-refractivity contribution in [1.29, 1.82) is 0 Å². The fourth-order valence-corrected chi connectivity index (χ4v) is 4.38. The summed E-state index contributed by atoms with van der Waals surface area (Å²) in [4.78, 5) is 11.0. The maximum atomic E-state index is 11.0. The number of aryl methyl sites for hydroxylation is 1. The minimum absolute atomic E-state index is 0.218. The molecule has 2 bridgehead atoms. The first-order valence-corrected chi connectivity index (χ1v) is 7.76. The van der Waals surface area contributed by atoms with Crippen LogP contribution >= 0.6 is 0 Å². The van der Waals surface area contributed by atoms with E-state index in [9.17, 15) is 4.79 Å². The minimum Gasteiger partial charge on any atom is -0.490 e. The summed E-state index contributed by atoms with van der Waals surface area (Å²) in [6.45, 7) is 9.01. The molecule has 0 aromatic heterocycles. The summed E-state index contributed by atoms with van der Waals surface area (Å²) in [6.07, 6.45) is 3.88. The van der Waals surface area contributed by atoms with Gasteiger partial charge in [-0.1, -0.05) is 20.8 Å². The Bertz CT molecular complexity index is 590. The Balaban J connectivity index is 1.84. The first kappa shape index (κ1) is 14.4. The van der Waals surface area contributed by atoms with Gasteiger partial charge in [-0.25, -0.2) is 4.79 Å². The van der Waals surface area contributed by atoms with E-state index < -0.39 is 5.97 Å². The second kappa shape index (κ2) is 4.49. The van der Waals surface area contributed by atoms with Crippen LogP contribution in [-0.4, -0.2) is 17.2 Å². The second-order valence-corrected chi connectivity index (χ2v) is 7.50. The number of fused-ring (bicyclic) bond motifs is 2. The Labute approximate surface area is 126 Å². The average Bonchev–Trinajstić information content (AvgIpc) is 2.74. The highest BCUT2D eigenvalue weighted by atomic mass is 16.5. The van der Waals surface area contributed by atoms with Crippen LogP contribution in [0.4, 0.5) is 0 Å². The van der Waals surface area contributed by atoms with Crippen molar-refractivity contribution >= 4 is 5.97 Å². The number of aromatic carboxylic acids is 1. The maximum absolute atomic E-state index is 11.0. The largest absolute Gasteiger partial charge is 0.490 e. The van der Waals surface area contributed by atoms with Crippen molar-refractivity contribution in [3.05, 3.63) is 29.3 Å². The predicted octanol–water partition coefficient (Wildman–Crippen LogP) is 4.29. The van der Waals surface area contributed by atoms with Crippen LogP contribution in [0.1, 0.15) is 56.0 Å². The van der Waals surface area contributed by atoms with E-state index in [1.54, 1.807) is 18.2 Å². The Kier molecular flexibility index (Phi) is 3.09. The molecule has 3 unspecified atom stereocenters. The quantitative estimate of drug-likeness (QED) is 0.902. The van der Waals surface area contributed by atoms with Gasteiger partial charge in [-0.2, -0.15) is 0 Å². The predicted molar refractivity (Wildman–Crippen MR) is 81.8 cm³/mol. The number of carboxylic acids is 1. The molecule has 2 fully saturated rings. The molecule has 1 aromatic rings. The van der Waals surface area contributed by atoms with Gasteiger partial charge in [0.05, 0.1) is 5.56 Å². The van der Waals surface area contributed by atoms with E-state index in [1.165, 1.54) is 12.8 Å². The first-order valence-electron chi connectivity index (χ1n) is 7.76. The molecule has 3 rings (SSSR count). The van der Waals surface area contributed by atoms with E-state index in [2.05, 4.69) is 20.8 Å². The van der Waals surface area contributed by atoms with Crippen molar-refractivity contribution < 1.29 is 14.6 Å². The van der Waals surface area contributed by atoms with Crippen molar-refractivity contribution in [3.63, 3.8) is 0 Å². The summed E-state index contributed by atoms with van der Waals surface area (Å²) in [7, 11) is 0. The molecule has 0 amide bonds. The molecular formula is C18H24O3. The lowest BCUT2D eigenvalue weighted by Crippen LogP contribution is -2.39. The van der Waals surface area contributed by atoms with E-state index in [4.69, 9.17) is 9.84 Å². The number of hydrogen-bond donors (Lipinski definition) is 1. The van der Waals surface area contributed by atoms with Gasteiger partial charge >= 0.3 is 5.97 Å². The number of carboxylic acid groups (broad SMARTS) is 1. The number of benzene rings is 1. The van der Waals surface area contributed by atoms with Gasteiger partial charge in [-0.05, 0) is 61.3 Å². The average molecular weight is 288 g/mol. The zero-order chi connectivity index (χ0) is 15.4. The third-order valence-corrected chi connectivity index (χ3v) is 6.41. The van der Waals surface area contributed by atoms with Crippen molar-refractivity contribution in [3.8, 4) is 5.75 Å². The lowest BCUT2D eigenvalue weighted by Gasteiger charge is -2.39. The van der Waals surface area contributed by atoms with Gasteiger partial charge in [-0.3, -0.25) is 0 Å². The number of ether oxygens (including phenoxy) is 1. The van der Waals surface area contributed by atoms with Crippen LogP contribution in [0.5, 0.6) is 5.75 Å². The van der Waals surface area contributed by atoms with Gasteiger partial charge in [0.15, 0.2) is 0 Å². The van der Waals surface area contributed by atoms with Crippen LogP contribution in [-0.2, 0) is 0 Å². The summed E-state index contributed by atoms with van der Waals surface area (Å²) < 4.78 is 6.32. The SMILES string of the molecule is Cc1cc(C(=O)O)ccc1OC1CC2CCC1(C)C2(C)C. The highest BCUT2D eigenvalue weighted by molar-refractivity contribution is 5.88. The summed E-state index contributed by atoms with van der Waals surface area (Å²) >= 11 is 0. The normalized spacial score (nSPS) is 33.1. The molecule has 1 N–H and O–H groups in total.